The topological polar surface area (TPSA) is 251 Å². The molecule has 3 fully saturated rings. The van der Waals surface area contributed by atoms with Crippen LogP contribution >= 0.6 is 0 Å². The Kier molecular flexibility index (Phi) is 10.0. The van der Waals surface area contributed by atoms with Gasteiger partial charge in [-0.2, -0.15) is 0 Å². The highest BCUT2D eigenvalue weighted by molar-refractivity contribution is 5.89. The van der Waals surface area contributed by atoms with Crippen molar-refractivity contribution in [3.63, 3.8) is 0 Å². The minimum absolute atomic E-state index is 0.101. The predicted molar refractivity (Wildman–Crippen MR) is 185 cm³/mol. The van der Waals surface area contributed by atoms with Crippen LogP contribution in [0.2, 0.25) is 0 Å². The Balaban J connectivity index is 1.18. The fourth-order valence-corrected chi connectivity index (χ4v) is 7.11. The molecule has 16 heteroatoms. The number of nitrogens with one attached hydrogen (secondary N) is 3. The van der Waals surface area contributed by atoms with Crippen molar-refractivity contribution in [3.8, 4) is 34.3 Å². The summed E-state index contributed by atoms with van der Waals surface area (Å²) in [6.07, 6.45) is -4.65. The highest BCUT2D eigenvalue weighted by Crippen LogP contribution is 2.46. The second-order valence-corrected chi connectivity index (χ2v) is 13.5. The summed E-state index contributed by atoms with van der Waals surface area (Å²) in [6, 6.07) is 12.6. The van der Waals surface area contributed by atoms with E-state index in [1.165, 1.54) is 12.1 Å². The van der Waals surface area contributed by atoms with Gasteiger partial charge in [0.15, 0.2) is 23.0 Å². The number of nitrogen functional groups attached to an aromatic ring is 1. The maximum atomic E-state index is 13.5. The fraction of sp³-hybridized carbons (Fsp3) is 0.444. The number of carboxylic acid groups (broad SMARTS) is 1. The lowest BCUT2D eigenvalue weighted by Crippen LogP contribution is -2.70. The molecule has 52 heavy (non-hydrogen) atoms. The molecule has 4 aromatic rings. The lowest BCUT2D eigenvalue weighted by molar-refractivity contribution is -0.307. The van der Waals surface area contributed by atoms with Crippen LogP contribution in [0.25, 0.3) is 22.3 Å². The first-order valence-corrected chi connectivity index (χ1v) is 17.2. The summed E-state index contributed by atoms with van der Waals surface area (Å²) in [7, 11) is 0. The number of ether oxygens (including phenoxy) is 4. The molecule has 278 valence electrons. The number of aliphatic hydroxyl groups excluding tert-OH is 2. The summed E-state index contributed by atoms with van der Waals surface area (Å²) in [5.74, 6) is -1.32. The summed E-state index contributed by atoms with van der Waals surface area (Å²) in [5.41, 5.74) is 4.13. The van der Waals surface area contributed by atoms with Crippen LogP contribution in [0.1, 0.15) is 37.8 Å². The molecule has 2 saturated heterocycles. The van der Waals surface area contributed by atoms with Crippen LogP contribution in [0.3, 0.4) is 0 Å². The van der Waals surface area contributed by atoms with Crippen molar-refractivity contribution in [1.29, 1.82) is 0 Å². The number of aliphatic carboxylic acids is 1. The van der Waals surface area contributed by atoms with E-state index in [1.807, 2.05) is 6.07 Å². The van der Waals surface area contributed by atoms with E-state index in [1.54, 1.807) is 30.3 Å². The number of aromatic hydroxyl groups is 1. The molecule has 10 N–H and O–H groups in total. The number of phenolic OH excluding ortho intramolecular Hbond substituents is 1. The molecule has 1 aliphatic carbocycles. The van der Waals surface area contributed by atoms with Gasteiger partial charge < -0.3 is 70.2 Å². The van der Waals surface area contributed by atoms with Crippen molar-refractivity contribution in [2.45, 2.75) is 80.9 Å². The maximum Gasteiger partial charge on any atom is 0.336 e. The van der Waals surface area contributed by atoms with Crippen molar-refractivity contribution in [3.05, 3.63) is 64.4 Å². The Morgan fingerprint density at radius 3 is 2.50 bits per heavy atom. The van der Waals surface area contributed by atoms with E-state index >= 15 is 0 Å². The first-order chi connectivity index (χ1) is 25.0. The summed E-state index contributed by atoms with van der Waals surface area (Å²) >= 11 is 0. The minimum atomic E-state index is -2.39. The monoisotopic (exact) mass is 722 g/mol. The molecular formula is C36H42N4O12. The Hall–Kier alpha value is -4.84. The second kappa shape index (κ2) is 14.7. The average Bonchev–Trinajstić information content (AvgIpc) is 3.91. The minimum Gasteiger partial charge on any atom is -0.504 e. The number of aliphatic hydroxyl groups is 3. The van der Waals surface area contributed by atoms with Crippen LogP contribution in [0, 0.1) is 0 Å². The van der Waals surface area contributed by atoms with Gasteiger partial charge in [-0.3, -0.25) is 4.79 Å². The van der Waals surface area contributed by atoms with Gasteiger partial charge in [-0.05, 0) is 68.5 Å². The molecule has 0 amide bonds. The zero-order valence-electron chi connectivity index (χ0n) is 28.1. The number of hydrogen-bond acceptors (Lipinski definition) is 14. The predicted octanol–water partition coefficient (Wildman–Crippen LogP) is 1.57. The van der Waals surface area contributed by atoms with Crippen LogP contribution < -0.4 is 36.0 Å². The summed E-state index contributed by atoms with van der Waals surface area (Å²) < 4.78 is 29.7. The van der Waals surface area contributed by atoms with Crippen LogP contribution in [-0.2, 0) is 16.0 Å². The number of phenols is 1. The fourth-order valence-electron chi connectivity index (χ4n) is 7.11. The Morgan fingerprint density at radius 1 is 1.06 bits per heavy atom. The molecule has 2 aliphatic heterocycles. The molecule has 0 spiro atoms. The van der Waals surface area contributed by atoms with E-state index < -0.39 is 53.4 Å². The number of H-pyrrole nitrogens is 1. The van der Waals surface area contributed by atoms with Crippen LogP contribution in [-0.4, -0.2) is 98.7 Å². The normalized spacial score (nSPS) is 26.5. The number of benzene rings is 2. The van der Waals surface area contributed by atoms with E-state index in [0.29, 0.717) is 56.2 Å². The molecule has 0 radical (unpaired) electrons. The van der Waals surface area contributed by atoms with Crippen LogP contribution in [0.15, 0.2) is 57.7 Å². The molecule has 2 aromatic carbocycles. The smallest absolute Gasteiger partial charge is 0.336 e. The zero-order chi connectivity index (χ0) is 36.6. The van der Waals surface area contributed by atoms with Gasteiger partial charge in [0.25, 0.3) is 0 Å². The van der Waals surface area contributed by atoms with E-state index in [4.69, 9.17) is 29.1 Å². The number of carbonyl (C=O) groups is 1. The number of fused-ring (bicyclic) bond motifs is 1. The first kappa shape index (κ1) is 35.6. The van der Waals surface area contributed by atoms with Gasteiger partial charge in [0.2, 0.25) is 12.0 Å². The van der Waals surface area contributed by atoms with Gasteiger partial charge in [0, 0.05) is 49.1 Å². The van der Waals surface area contributed by atoms with Gasteiger partial charge in [0.1, 0.15) is 46.1 Å². The van der Waals surface area contributed by atoms with Crippen molar-refractivity contribution in [2.24, 2.45) is 0 Å². The number of rotatable bonds is 12. The van der Waals surface area contributed by atoms with E-state index in [2.05, 4.69) is 15.6 Å². The number of aromatic amines is 1. The van der Waals surface area contributed by atoms with E-state index in [9.17, 15) is 35.1 Å². The molecule has 0 bridgehead atoms. The number of carboxylic acids is 1. The summed E-state index contributed by atoms with van der Waals surface area (Å²) in [5, 5.41) is 61.1. The lowest BCUT2D eigenvalue weighted by atomic mass is 9.79. The quantitative estimate of drug-likeness (QED) is 0.101. The second-order valence-electron chi connectivity index (χ2n) is 13.5. The Labute approximate surface area is 297 Å². The largest absolute Gasteiger partial charge is 0.504 e. The number of anilines is 1. The molecular weight excluding hydrogens is 680 g/mol. The third kappa shape index (κ3) is 7.13. The number of aromatic nitrogens is 1. The van der Waals surface area contributed by atoms with Crippen molar-refractivity contribution < 1.29 is 53.7 Å². The van der Waals surface area contributed by atoms with Gasteiger partial charge in [-0.15, -0.1) is 0 Å². The maximum absolute atomic E-state index is 13.5. The standard InChI is InChI=1S/C36H42N4O12/c37-27-10-7-19(40-27)11-12-48-21-8-5-18(6-9-21)24-13-23(41)28-25(50-24)14-26(31(29(28)42)49-22-3-1-2-4-22)51-35-30(43)32(44)36(47,33(52-35)34(45)46)15-20-16-38-17-39-20/h5-10,13-14,20,22,30,32-33,35,38-40,42-44,47H,1-4,11-12,15-17,37H2,(H,45,46). The molecule has 6 unspecified atom stereocenters. The van der Waals surface area contributed by atoms with Crippen LogP contribution in [0.4, 0.5) is 5.82 Å². The molecule has 16 nitrogen and oxygen atoms in total. The van der Waals surface area contributed by atoms with Gasteiger partial charge in [-0.1, -0.05) is 0 Å². The molecule has 3 aliphatic rings. The molecule has 7 rings (SSSR count). The molecule has 2 aromatic heterocycles. The van der Waals surface area contributed by atoms with E-state index in [0.717, 1.165) is 18.5 Å². The average molecular weight is 723 g/mol. The van der Waals surface area contributed by atoms with Crippen LogP contribution in [0.5, 0.6) is 23.0 Å². The van der Waals surface area contributed by atoms with Crippen molar-refractivity contribution >= 4 is 22.8 Å². The van der Waals surface area contributed by atoms with Gasteiger partial charge in [0.05, 0.1) is 12.7 Å². The number of hydrogen-bond donors (Lipinski definition) is 9. The SMILES string of the molecule is Nc1ccc(CCOc2ccc(-c3cc(=O)c4c(O)c(OC5CCCC5)c(OC5OC(C(=O)O)C(O)(CC6CNCN6)C(O)C5O)cc4o3)cc2)[nH]1. The third-order valence-electron chi connectivity index (χ3n) is 9.83. The highest BCUT2D eigenvalue weighted by atomic mass is 16.7. The van der Waals surface area contributed by atoms with Crippen molar-refractivity contribution in [2.75, 3.05) is 25.6 Å². The Bertz CT molecular complexity index is 1950. The summed E-state index contributed by atoms with van der Waals surface area (Å²) in [4.78, 5) is 28.9. The lowest BCUT2D eigenvalue weighted by Gasteiger charge is -2.47. The van der Waals surface area contributed by atoms with Gasteiger partial charge in [-0.25, -0.2) is 4.79 Å². The molecule has 6 atom stereocenters. The number of nitrogens with two attached hydrogens (primary N) is 1. The first-order valence-electron chi connectivity index (χ1n) is 17.2. The highest BCUT2D eigenvalue weighted by Gasteiger charge is 2.59. The third-order valence-corrected chi connectivity index (χ3v) is 9.83. The van der Waals surface area contributed by atoms with Gasteiger partial charge >= 0.3 is 5.97 Å². The molecule has 1 saturated carbocycles. The van der Waals surface area contributed by atoms with E-state index in [-0.39, 0.29) is 40.8 Å². The van der Waals surface area contributed by atoms with Crippen molar-refractivity contribution in [1.82, 2.24) is 15.6 Å². The summed E-state index contributed by atoms with van der Waals surface area (Å²) in [6.45, 7) is 1.21. The Morgan fingerprint density at radius 2 is 1.83 bits per heavy atom. The molecule has 4 heterocycles. The zero-order valence-corrected chi connectivity index (χ0v) is 28.1.